The number of carbonyl (C=O) groups is 1. The van der Waals surface area contributed by atoms with Crippen LogP contribution in [0.2, 0.25) is 0 Å². The molecular weight excluding hydrogens is 335 g/mol. The standard InChI is InChI=1S/C18H13FN6O/c1-11-17(18(26)22-15-6-3-9-20-23-15)25-16(21-11)8-7-14(24-25)12-4-2-5-13(19)10-12/h2-10H,1H3,(H,22,23,26). The number of hydrogen-bond acceptors (Lipinski definition) is 5. The molecule has 3 heterocycles. The fraction of sp³-hybridized carbons (Fsp3) is 0.0556. The SMILES string of the molecule is Cc1nc2ccc(-c3cccc(F)c3)nn2c1C(=O)Nc1cccnn1. The number of halogens is 1. The molecule has 0 fully saturated rings. The molecule has 0 aliphatic carbocycles. The molecule has 0 unspecified atom stereocenters. The monoisotopic (exact) mass is 348 g/mol. The second-order valence-electron chi connectivity index (χ2n) is 5.61. The highest BCUT2D eigenvalue weighted by atomic mass is 19.1. The molecule has 0 bridgehead atoms. The van der Waals surface area contributed by atoms with Crippen molar-refractivity contribution in [2.24, 2.45) is 0 Å². The maximum atomic E-state index is 13.5. The Labute approximate surface area is 147 Å². The van der Waals surface area contributed by atoms with Crippen molar-refractivity contribution in [3.05, 3.63) is 71.9 Å². The third kappa shape index (κ3) is 2.88. The fourth-order valence-electron chi connectivity index (χ4n) is 2.65. The summed E-state index contributed by atoms with van der Waals surface area (Å²) < 4.78 is 14.9. The van der Waals surface area contributed by atoms with Gasteiger partial charge in [-0.3, -0.25) is 4.79 Å². The lowest BCUT2D eigenvalue weighted by molar-refractivity contribution is 0.101. The lowest BCUT2D eigenvalue weighted by Gasteiger charge is -2.06. The van der Waals surface area contributed by atoms with Gasteiger partial charge in [0.15, 0.2) is 17.2 Å². The van der Waals surface area contributed by atoms with Gasteiger partial charge in [-0.1, -0.05) is 12.1 Å². The van der Waals surface area contributed by atoms with Crippen molar-refractivity contribution < 1.29 is 9.18 Å². The van der Waals surface area contributed by atoms with Gasteiger partial charge in [0.05, 0.1) is 11.4 Å². The summed E-state index contributed by atoms with van der Waals surface area (Å²) >= 11 is 0. The maximum Gasteiger partial charge on any atom is 0.277 e. The number of nitrogens with zero attached hydrogens (tertiary/aromatic N) is 5. The van der Waals surface area contributed by atoms with Crippen molar-refractivity contribution in [1.29, 1.82) is 0 Å². The molecule has 0 spiro atoms. The number of rotatable bonds is 3. The van der Waals surface area contributed by atoms with Gasteiger partial charge in [-0.25, -0.2) is 13.9 Å². The molecule has 0 saturated heterocycles. The number of fused-ring (bicyclic) bond motifs is 1. The first-order chi connectivity index (χ1) is 12.6. The third-order valence-electron chi connectivity index (χ3n) is 3.80. The van der Waals surface area contributed by atoms with Crippen LogP contribution in [-0.4, -0.2) is 30.7 Å². The molecule has 1 amide bonds. The van der Waals surface area contributed by atoms with Gasteiger partial charge in [0.25, 0.3) is 5.91 Å². The minimum absolute atomic E-state index is 0.281. The predicted molar refractivity (Wildman–Crippen MR) is 93.1 cm³/mol. The van der Waals surface area contributed by atoms with Crippen molar-refractivity contribution in [3.8, 4) is 11.3 Å². The Hall–Kier alpha value is -3.68. The molecule has 0 radical (unpaired) electrons. The normalized spacial score (nSPS) is 10.8. The number of amides is 1. The lowest BCUT2D eigenvalue weighted by atomic mass is 10.1. The molecule has 4 rings (SSSR count). The Morgan fingerprint density at radius 2 is 2.04 bits per heavy atom. The average Bonchev–Trinajstić information content (AvgIpc) is 2.97. The molecule has 0 saturated carbocycles. The topological polar surface area (TPSA) is 85.1 Å². The summed E-state index contributed by atoms with van der Waals surface area (Å²) in [7, 11) is 0. The van der Waals surface area contributed by atoms with Crippen molar-refractivity contribution in [3.63, 3.8) is 0 Å². The number of carbonyl (C=O) groups excluding carboxylic acids is 1. The number of aryl methyl sites for hydroxylation is 1. The lowest BCUT2D eigenvalue weighted by Crippen LogP contribution is -2.17. The summed E-state index contributed by atoms with van der Waals surface area (Å²) in [6.45, 7) is 1.72. The van der Waals surface area contributed by atoms with E-state index in [1.54, 1.807) is 43.3 Å². The molecule has 128 valence electrons. The molecule has 1 N–H and O–H groups in total. The summed E-state index contributed by atoms with van der Waals surface area (Å²) in [6.07, 6.45) is 1.52. The first-order valence-electron chi connectivity index (χ1n) is 7.83. The van der Waals surface area contributed by atoms with Gasteiger partial charge in [0.1, 0.15) is 5.82 Å². The van der Waals surface area contributed by atoms with E-state index in [1.165, 1.54) is 22.8 Å². The van der Waals surface area contributed by atoms with E-state index in [2.05, 4.69) is 25.6 Å². The number of imidazole rings is 1. The minimum atomic E-state index is -0.403. The molecule has 4 aromatic rings. The number of nitrogens with one attached hydrogen (secondary N) is 1. The van der Waals surface area contributed by atoms with E-state index < -0.39 is 5.91 Å². The molecule has 0 aliphatic heterocycles. The van der Waals surface area contributed by atoms with Crippen LogP contribution in [0.1, 0.15) is 16.2 Å². The number of benzene rings is 1. The van der Waals surface area contributed by atoms with E-state index >= 15 is 0 Å². The Balaban J connectivity index is 1.78. The van der Waals surface area contributed by atoms with Crippen LogP contribution in [0, 0.1) is 12.7 Å². The van der Waals surface area contributed by atoms with Crippen LogP contribution in [0.15, 0.2) is 54.7 Å². The van der Waals surface area contributed by atoms with Crippen LogP contribution in [0.25, 0.3) is 16.9 Å². The van der Waals surface area contributed by atoms with E-state index in [4.69, 9.17) is 0 Å². The fourth-order valence-corrected chi connectivity index (χ4v) is 2.65. The molecular formula is C18H13FN6O. The molecule has 0 aliphatic rings. The largest absolute Gasteiger partial charge is 0.304 e. The van der Waals surface area contributed by atoms with Crippen LogP contribution in [0.4, 0.5) is 10.2 Å². The molecule has 7 nitrogen and oxygen atoms in total. The first kappa shape index (κ1) is 15.8. The van der Waals surface area contributed by atoms with Crippen LogP contribution in [0.5, 0.6) is 0 Å². The van der Waals surface area contributed by atoms with Gasteiger partial charge in [-0.05, 0) is 43.3 Å². The molecule has 8 heteroatoms. The Kier molecular flexibility index (Phi) is 3.85. The number of anilines is 1. The van der Waals surface area contributed by atoms with E-state index in [0.29, 0.717) is 28.4 Å². The third-order valence-corrected chi connectivity index (χ3v) is 3.80. The average molecular weight is 348 g/mol. The summed E-state index contributed by atoms with van der Waals surface area (Å²) in [5.74, 6) is -0.431. The van der Waals surface area contributed by atoms with Gasteiger partial charge in [-0.15, -0.1) is 5.10 Å². The van der Waals surface area contributed by atoms with Gasteiger partial charge in [0, 0.05) is 11.8 Å². The van der Waals surface area contributed by atoms with Gasteiger partial charge >= 0.3 is 0 Å². The predicted octanol–water partition coefficient (Wildman–Crippen LogP) is 2.89. The highest BCUT2D eigenvalue weighted by molar-refractivity contribution is 6.03. The molecule has 0 atom stereocenters. The second-order valence-corrected chi connectivity index (χ2v) is 5.61. The van der Waals surface area contributed by atoms with Crippen molar-refractivity contribution in [1.82, 2.24) is 24.8 Å². The highest BCUT2D eigenvalue weighted by Gasteiger charge is 2.19. The summed E-state index contributed by atoms with van der Waals surface area (Å²) in [6, 6.07) is 12.9. The summed E-state index contributed by atoms with van der Waals surface area (Å²) in [5.41, 5.74) is 2.47. The maximum absolute atomic E-state index is 13.5. The summed E-state index contributed by atoms with van der Waals surface area (Å²) in [5, 5.41) is 14.7. The van der Waals surface area contributed by atoms with Crippen LogP contribution in [-0.2, 0) is 0 Å². The molecule has 1 aromatic carbocycles. The zero-order chi connectivity index (χ0) is 18.1. The number of hydrogen-bond donors (Lipinski definition) is 1. The van der Waals surface area contributed by atoms with E-state index in [1.807, 2.05) is 0 Å². The Morgan fingerprint density at radius 1 is 1.15 bits per heavy atom. The van der Waals surface area contributed by atoms with Gasteiger partial charge < -0.3 is 5.32 Å². The van der Waals surface area contributed by atoms with Crippen molar-refractivity contribution in [2.45, 2.75) is 6.92 Å². The smallest absolute Gasteiger partial charge is 0.277 e. The summed E-state index contributed by atoms with van der Waals surface area (Å²) in [4.78, 5) is 17.0. The zero-order valence-electron chi connectivity index (χ0n) is 13.7. The van der Waals surface area contributed by atoms with Crippen LogP contribution < -0.4 is 5.32 Å². The molecule has 26 heavy (non-hydrogen) atoms. The number of aromatic nitrogens is 5. The highest BCUT2D eigenvalue weighted by Crippen LogP contribution is 2.20. The van der Waals surface area contributed by atoms with Crippen molar-refractivity contribution >= 4 is 17.4 Å². The zero-order valence-corrected chi connectivity index (χ0v) is 13.7. The van der Waals surface area contributed by atoms with Crippen molar-refractivity contribution in [2.75, 3.05) is 5.32 Å². The first-order valence-corrected chi connectivity index (χ1v) is 7.83. The minimum Gasteiger partial charge on any atom is -0.304 e. The van der Waals surface area contributed by atoms with E-state index in [0.717, 1.165) is 0 Å². The Morgan fingerprint density at radius 3 is 2.81 bits per heavy atom. The van der Waals surface area contributed by atoms with Crippen LogP contribution in [0.3, 0.4) is 0 Å². The van der Waals surface area contributed by atoms with Crippen LogP contribution >= 0.6 is 0 Å². The quantitative estimate of drug-likeness (QED) is 0.615. The Bertz CT molecular complexity index is 1110. The molecule has 3 aromatic heterocycles. The van der Waals surface area contributed by atoms with E-state index in [-0.39, 0.29) is 11.5 Å². The second kappa shape index (κ2) is 6.32. The van der Waals surface area contributed by atoms with Gasteiger partial charge in [-0.2, -0.15) is 10.2 Å². The van der Waals surface area contributed by atoms with Gasteiger partial charge in [0.2, 0.25) is 0 Å². The van der Waals surface area contributed by atoms with E-state index in [9.17, 15) is 9.18 Å².